The first kappa shape index (κ1) is 11.5. The highest BCUT2D eigenvalue weighted by Gasteiger charge is 2.13. The molecule has 0 bridgehead atoms. The Morgan fingerprint density at radius 1 is 1.32 bits per heavy atom. The Hall–Kier alpha value is -2.63. The van der Waals surface area contributed by atoms with Gasteiger partial charge in [-0.25, -0.2) is 9.78 Å². The van der Waals surface area contributed by atoms with Gasteiger partial charge in [-0.15, -0.1) is 0 Å². The van der Waals surface area contributed by atoms with E-state index in [9.17, 15) is 9.59 Å². The average molecular weight is 257 g/mol. The average Bonchev–Trinajstić information content (AvgIpc) is 2.91. The van der Waals surface area contributed by atoms with Crippen LogP contribution >= 0.6 is 0 Å². The summed E-state index contributed by atoms with van der Waals surface area (Å²) in [7, 11) is 3.39. The SMILES string of the molecule is Cn1cnc(-c2ccc3oc(=O)n(C)c3c2)c1C=O. The monoisotopic (exact) mass is 257 g/mol. The van der Waals surface area contributed by atoms with Crippen LogP contribution < -0.4 is 5.76 Å². The standard InChI is InChI=1S/C13H11N3O3/c1-15-7-14-12(10(15)6-17)8-3-4-11-9(5-8)16(2)13(18)19-11/h3-7H,1-2H3. The molecule has 3 rings (SSSR count). The third kappa shape index (κ3) is 1.61. The van der Waals surface area contributed by atoms with Crippen molar-refractivity contribution < 1.29 is 9.21 Å². The Morgan fingerprint density at radius 2 is 2.11 bits per heavy atom. The number of benzene rings is 1. The first-order valence-corrected chi connectivity index (χ1v) is 5.68. The number of aromatic nitrogens is 3. The number of rotatable bonds is 2. The van der Waals surface area contributed by atoms with Gasteiger partial charge in [-0.2, -0.15) is 0 Å². The van der Waals surface area contributed by atoms with Crippen LogP contribution in [0, 0.1) is 0 Å². The quantitative estimate of drug-likeness (QED) is 0.650. The predicted molar refractivity (Wildman–Crippen MR) is 69.0 cm³/mol. The van der Waals surface area contributed by atoms with Gasteiger partial charge >= 0.3 is 5.76 Å². The van der Waals surface area contributed by atoms with Gasteiger partial charge in [0.1, 0.15) is 5.69 Å². The maximum absolute atomic E-state index is 11.4. The second-order valence-electron chi connectivity index (χ2n) is 4.32. The summed E-state index contributed by atoms with van der Waals surface area (Å²) in [5.41, 5.74) is 3.04. The molecule has 0 aliphatic rings. The van der Waals surface area contributed by atoms with E-state index in [1.807, 2.05) is 0 Å². The molecule has 0 aliphatic heterocycles. The number of hydrogen-bond acceptors (Lipinski definition) is 4. The molecule has 6 nitrogen and oxygen atoms in total. The van der Waals surface area contributed by atoms with Crippen LogP contribution in [0.1, 0.15) is 10.5 Å². The highest BCUT2D eigenvalue weighted by molar-refractivity contribution is 5.87. The van der Waals surface area contributed by atoms with Crippen LogP contribution in [0.2, 0.25) is 0 Å². The summed E-state index contributed by atoms with van der Waals surface area (Å²) in [5, 5.41) is 0. The van der Waals surface area contributed by atoms with Crippen molar-refractivity contribution in [2.24, 2.45) is 14.1 Å². The van der Waals surface area contributed by atoms with Gasteiger partial charge in [0.05, 0.1) is 17.5 Å². The first-order valence-electron chi connectivity index (χ1n) is 5.68. The molecule has 1 aromatic carbocycles. The molecule has 0 atom stereocenters. The van der Waals surface area contributed by atoms with Crippen molar-refractivity contribution in [3.8, 4) is 11.3 Å². The zero-order valence-corrected chi connectivity index (χ0v) is 10.5. The lowest BCUT2D eigenvalue weighted by Gasteiger charge is -2.00. The van der Waals surface area contributed by atoms with Crippen LogP contribution in [0.3, 0.4) is 0 Å². The number of carbonyl (C=O) groups excluding carboxylic acids is 1. The predicted octanol–water partition coefficient (Wildman–Crippen LogP) is 1.34. The summed E-state index contributed by atoms with van der Waals surface area (Å²) in [5.74, 6) is -0.413. The van der Waals surface area contributed by atoms with Gasteiger partial charge < -0.3 is 8.98 Å². The minimum atomic E-state index is -0.413. The second kappa shape index (κ2) is 3.94. The maximum Gasteiger partial charge on any atom is 0.419 e. The second-order valence-corrected chi connectivity index (χ2v) is 4.32. The largest absolute Gasteiger partial charge is 0.419 e. The molecule has 0 spiro atoms. The number of aryl methyl sites for hydroxylation is 2. The zero-order valence-electron chi connectivity index (χ0n) is 10.5. The number of carbonyl (C=O) groups is 1. The van der Waals surface area contributed by atoms with Crippen molar-refractivity contribution in [2.75, 3.05) is 0 Å². The molecule has 0 unspecified atom stereocenters. The molecule has 2 aromatic heterocycles. The molecular weight excluding hydrogens is 246 g/mol. The zero-order chi connectivity index (χ0) is 13.6. The number of nitrogens with zero attached hydrogens (tertiary/aromatic N) is 3. The topological polar surface area (TPSA) is 70.0 Å². The Balaban J connectivity index is 2.28. The minimum Gasteiger partial charge on any atom is -0.408 e. The van der Waals surface area contributed by atoms with Crippen molar-refractivity contribution in [3.05, 3.63) is 40.8 Å². The molecule has 0 amide bonds. The van der Waals surface area contributed by atoms with Crippen molar-refractivity contribution in [1.82, 2.24) is 14.1 Å². The number of aldehydes is 1. The van der Waals surface area contributed by atoms with Crippen LogP contribution in [0.4, 0.5) is 0 Å². The fourth-order valence-corrected chi connectivity index (χ4v) is 2.08. The lowest BCUT2D eigenvalue weighted by Crippen LogP contribution is -2.08. The Bertz CT molecular complexity index is 839. The molecule has 2 heterocycles. The van der Waals surface area contributed by atoms with Crippen molar-refractivity contribution >= 4 is 17.4 Å². The number of oxazole rings is 1. The van der Waals surface area contributed by atoms with E-state index in [4.69, 9.17) is 4.42 Å². The van der Waals surface area contributed by atoms with E-state index in [1.165, 1.54) is 4.57 Å². The molecule has 0 fully saturated rings. The normalized spacial score (nSPS) is 11.1. The fourth-order valence-electron chi connectivity index (χ4n) is 2.08. The molecule has 96 valence electrons. The molecule has 0 saturated carbocycles. The molecule has 0 saturated heterocycles. The summed E-state index contributed by atoms with van der Waals surface area (Å²) >= 11 is 0. The third-order valence-electron chi connectivity index (χ3n) is 3.16. The Labute approximate surface area is 107 Å². The number of imidazole rings is 1. The summed E-state index contributed by atoms with van der Waals surface area (Å²) in [6.07, 6.45) is 2.35. The Morgan fingerprint density at radius 3 is 2.84 bits per heavy atom. The molecule has 0 N–H and O–H groups in total. The highest BCUT2D eigenvalue weighted by Crippen LogP contribution is 2.24. The van der Waals surface area contributed by atoms with E-state index in [1.54, 1.807) is 43.2 Å². The summed E-state index contributed by atoms with van der Waals surface area (Å²) < 4.78 is 8.14. The molecule has 3 aromatic rings. The van der Waals surface area contributed by atoms with E-state index in [0.717, 1.165) is 11.8 Å². The number of fused-ring (bicyclic) bond motifs is 1. The van der Waals surface area contributed by atoms with Crippen LogP contribution in [-0.4, -0.2) is 20.4 Å². The number of hydrogen-bond donors (Lipinski definition) is 0. The lowest BCUT2D eigenvalue weighted by molar-refractivity contribution is 0.111. The van der Waals surface area contributed by atoms with E-state index < -0.39 is 5.76 Å². The molecule has 0 aliphatic carbocycles. The van der Waals surface area contributed by atoms with Crippen LogP contribution in [0.15, 0.2) is 33.7 Å². The lowest BCUT2D eigenvalue weighted by atomic mass is 10.1. The smallest absolute Gasteiger partial charge is 0.408 e. The van der Waals surface area contributed by atoms with Gasteiger partial charge in [-0.05, 0) is 18.2 Å². The van der Waals surface area contributed by atoms with Crippen LogP contribution in [-0.2, 0) is 14.1 Å². The molecule has 19 heavy (non-hydrogen) atoms. The van der Waals surface area contributed by atoms with Gasteiger partial charge in [0, 0.05) is 19.7 Å². The van der Waals surface area contributed by atoms with E-state index in [-0.39, 0.29) is 0 Å². The highest BCUT2D eigenvalue weighted by atomic mass is 16.4. The van der Waals surface area contributed by atoms with E-state index in [2.05, 4.69) is 4.98 Å². The van der Waals surface area contributed by atoms with E-state index >= 15 is 0 Å². The van der Waals surface area contributed by atoms with Crippen molar-refractivity contribution in [2.45, 2.75) is 0 Å². The van der Waals surface area contributed by atoms with Gasteiger partial charge in [0.25, 0.3) is 0 Å². The first-order chi connectivity index (χ1) is 9.11. The summed E-state index contributed by atoms with van der Waals surface area (Å²) in [6, 6.07) is 5.27. The third-order valence-corrected chi connectivity index (χ3v) is 3.16. The van der Waals surface area contributed by atoms with Gasteiger partial charge in [0.15, 0.2) is 11.9 Å². The summed E-state index contributed by atoms with van der Waals surface area (Å²) in [6.45, 7) is 0. The van der Waals surface area contributed by atoms with Crippen molar-refractivity contribution in [3.63, 3.8) is 0 Å². The Kier molecular flexibility index (Phi) is 2.38. The minimum absolute atomic E-state index is 0.413. The summed E-state index contributed by atoms with van der Waals surface area (Å²) in [4.78, 5) is 26.7. The van der Waals surface area contributed by atoms with Crippen molar-refractivity contribution in [1.29, 1.82) is 0 Å². The van der Waals surface area contributed by atoms with Crippen LogP contribution in [0.5, 0.6) is 0 Å². The van der Waals surface area contributed by atoms with Gasteiger partial charge in [-0.1, -0.05) is 0 Å². The maximum atomic E-state index is 11.4. The van der Waals surface area contributed by atoms with Gasteiger partial charge in [-0.3, -0.25) is 9.36 Å². The van der Waals surface area contributed by atoms with E-state index in [0.29, 0.717) is 22.5 Å². The molecule has 0 radical (unpaired) electrons. The molecular formula is C13H11N3O3. The molecule has 6 heteroatoms. The van der Waals surface area contributed by atoms with Crippen LogP contribution in [0.25, 0.3) is 22.4 Å². The van der Waals surface area contributed by atoms with Gasteiger partial charge in [0.2, 0.25) is 0 Å². The fraction of sp³-hybridized carbons (Fsp3) is 0.154.